The van der Waals surface area contributed by atoms with Crippen molar-refractivity contribution in [3.63, 3.8) is 0 Å². The number of amides is 2. The van der Waals surface area contributed by atoms with Crippen molar-refractivity contribution in [3.8, 4) is 0 Å². The summed E-state index contributed by atoms with van der Waals surface area (Å²) in [5.41, 5.74) is 0. The molecule has 1 atom stereocenters. The predicted octanol–water partition coefficient (Wildman–Crippen LogP) is -0.346. The van der Waals surface area contributed by atoms with E-state index in [4.69, 9.17) is 0 Å². The van der Waals surface area contributed by atoms with Crippen LogP contribution in [0.3, 0.4) is 0 Å². The van der Waals surface area contributed by atoms with Crippen LogP contribution < -0.4 is 5.32 Å². The minimum Gasteiger partial charge on any atom is -0.354 e. The quantitative estimate of drug-likeness (QED) is 0.625. The van der Waals surface area contributed by atoms with Crippen LogP contribution >= 0.6 is 0 Å². The van der Waals surface area contributed by atoms with E-state index >= 15 is 0 Å². The van der Waals surface area contributed by atoms with Crippen LogP contribution in [0.4, 0.5) is 0 Å². The van der Waals surface area contributed by atoms with E-state index in [1.807, 2.05) is 6.92 Å². The van der Waals surface area contributed by atoms with Gasteiger partial charge in [-0.3, -0.25) is 9.59 Å². The summed E-state index contributed by atoms with van der Waals surface area (Å²) >= 11 is 0. The lowest BCUT2D eigenvalue weighted by molar-refractivity contribution is -0.128. The maximum atomic E-state index is 11.2. The topological polar surface area (TPSA) is 49.4 Å². The first kappa shape index (κ1) is 9.03. The van der Waals surface area contributed by atoms with E-state index in [0.29, 0.717) is 13.1 Å². The van der Waals surface area contributed by atoms with Crippen molar-refractivity contribution in [2.45, 2.75) is 25.8 Å². The van der Waals surface area contributed by atoms with E-state index in [2.05, 4.69) is 5.32 Å². The Morgan fingerprint density at radius 3 is 2.92 bits per heavy atom. The van der Waals surface area contributed by atoms with Crippen LogP contribution in [0.15, 0.2) is 0 Å². The summed E-state index contributed by atoms with van der Waals surface area (Å²) < 4.78 is 0. The lowest BCUT2D eigenvalue weighted by atomic mass is 10.0. The molecule has 1 fully saturated rings. The summed E-state index contributed by atoms with van der Waals surface area (Å²) in [4.78, 5) is 22.8. The SMILES string of the molecule is CCCNC(=O)C1CCN1[C]=O. The first-order valence-electron chi connectivity index (χ1n) is 4.21. The molecule has 1 aliphatic heterocycles. The smallest absolute Gasteiger partial charge is 0.312 e. The van der Waals surface area contributed by atoms with Crippen molar-refractivity contribution in [2.24, 2.45) is 0 Å². The van der Waals surface area contributed by atoms with Crippen LogP contribution in [0.2, 0.25) is 0 Å². The average Bonchev–Trinajstić information content (AvgIpc) is 2.00. The molecular weight excluding hydrogens is 156 g/mol. The molecule has 0 aromatic rings. The Morgan fingerprint density at radius 2 is 2.50 bits per heavy atom. The molecule has 1 saturated heterocycles. The number of carbonyl (C=O) groups excluding carboxylic acids is 2. The number of nitrogens with zero attached hydrogens (tertiary/aromatic N) is 1. The number of hydrogen-bond donors (Lipinski definition) is 1. The van der Waals surface area contributed by atoms with Crippen molar-refractivity contribution >= 4 is 12.3 Å². The van der Waals surface area contributed by atoms with Crippen LogP contribution in [-0.4, -0.2) is 36.3 Å². The van der Waals surface area contributed by atoms with Crippen molar-refractivity contribution in [1.82, 2.24) is 10.2 Å². The van der Waals surface area contributed by atoms with Gasteiger partial charge in [-0.1, -0.05) is 6.92 Å². The fourth-order valence-corrected chi connectivity index (χ4v) is 1.14. The highest BCUT2D eigenvalue weighted by Gasteiger charge is 2.33. The Kier molecular flexibility index (Phi) is 3.08. The zero-order valence-corrected chi connectivity index (χ0v) is 7.17. The molecule has 1 radical (unpaired) electrons. The van der Waals surface area contributed by atoms with Crippen LogP contribution in [0.5, 0.6) is 0 Å². The van der Waals surface area contributed by atoms with E-state index < -0.39 is 0 Å². The maximum absolute atomic E-state index is 11.2. The van der Waals surface area contributed by atoms with E-state index in [-0.39, 0.29) is 11.9 Å². The van der Waals surface area contributed by atoms with E-state index in [1.165, 1.54) is 4.90 Å². The monoisotopic (exact) mass is 169 g/mol. The van der Waals surface area contributed by atoms with Gasteiger partial charge in [-0.2, -0.15) is 0 Å². The Morgan fingerprint density at radius 1 is 1.75 bits per heavy atom. The van der Waals surface area contributed by atoms with Crippen LogP contribution in [0.1, 0.15) is 19.8 Å². The second-order valence-corrected chi connectivity index (χ2v) is 2.88. The maximum Gasteiger partial charge on any atom is 0.312 e. The number of nitrogens with one attached hydrogen (secondary N) is 1. The third-order valence-corrected chi connectivity index (χ3v) is 1.99. The van der Waals surface area contributed by atoms with Crippen molar-refractivity contribution in [2.75, 3.05) is 13.1 Å². The summed E-state index contributed by atoms with van der Waals surface area (Å²) in [6.45, 7) is 3.33. The lowest BCUT2D eigenvalue weighted by Gasteiger charge is -2.35. The highest BCUT2D eigenvalue weighted by molar-refractivity contribution is 5.84. The molecule has 0 saturated carbocycles. The van der Waals surface area contributed by atoms with E-state index in [1.54, 1.807) is 6.41 Å². The van der Waals surface area contributed by atoms with Crippen molar-refractivity contribution < 1.29 is 9.59 Å². The largest absolute Gasteiger partial charge is 0.354 e. The summed E-state index contributed by atoms with van der Waals surface area (Å²) in [6.07, 6.45) is 3.42. The number of carbonyl (C=O) groups is 1. The molecule has 2 amide bonds. The van der Waals surface area contributed by atoms with Gasteiger partial charge in [-0.25, -0.2) is 0 Å². The highest BCUT2D eigenvalue weighted by atomic mass is 16.2. The summed E-state index contributed by atoms with van der Waals surface area (Å²) in [5.74, 6) is -0.0496. The molecule has 1 unspecified atom stereocenters. The zero-order chi connectivity index (χ0) is 8.97. The number of hydrogen-bond acceptors (Lipinski definition) is 2. The van der Waals surface area contributed by atoms with Crippen molar-refractivity contribution in [3.05, 3.63) is 0 Å². The molecule has 4 heteroatoms. The van der Waals surface area contributed by atoms with Gasteiger partial charge in [-0.05, 0) is 12.8 Å². The normalized spacial score (nSPS) is 21.4. The van der Waals surface area contributed by atoms with Crippen molar-refractivity contribution in [1.29, 1.82) is 0 Å². The third kappa shape index (κ3) is 1.75. The zero-order valence-electron chi connectivity index (χ0n) is 7.17. The van der Waals surface area contributed by atoms with Crippen LogP contribution in [-0.2, 0) is 9.59 Å². The molecule has 1 heterocycles. The summed E-state index contributed by atoms with van der Waals surface area (Å²) in [5, 5.41) is 2.74. The van der Waals surface area contributed by atoms with Gasteiger partial charge in [0.1, 0.15) is 6.04 Å². The van der Waals surface area contributed by atoms with Gasteiger partial charge in [-0.15, -0.1) is 0 Å². The molecule has 67 valence electrons. The fraction of sp³-hybridized carbons (Fsp3) is 0.750. The van der Waals surface area contributed by atoms with Gasteiger partial charge in [0.2, 0.25) is 5.91 Å². The van der Waals surface area contributed by atoms with E-state index in [9.17, 15) is 9.59 Å². The van der Waals surface area contributed by atoms with E-state index in [0.717, 1.165) is 12.8 Å². The van der Waals surface area contributed by atoms with Gasteiger partial charge >= 0.3 is 6.41 Å². The molecule has 0 spiro atoms. The first-order valence-corrected chi connectivity index (χ1v) is 4.21. The minimum atomic E-state index is -0.256. The first-order chi connectivity index (χ1) is 5.79. The molecule has 1 aliphatic rings. The molecule has 4 nitrogen and oxygen atoms in total. The second kappa shape index (κ2) is 4.09. The van der Waals surface area contributed by atoms with Crippen LogP contribution in [0, 0.1) is 0 Å². The number of rotatable bonds is 4. The molecule has 0 aromatic heterocycles. The Hall–Kier alpha value is -1.06. The predicted molar refractivity (Wildman–Crippen MR) is 44.1 cm³/mol. The molecule has 1 N–H and O–H groups in total. The minimum absolute atomic E-state index is 0.0496. The second-order valence-electron chi connectivity index (χ2n) is 2.88. The fourth-order valence-electron chi connectivity index (χ4n) is 1.14. The molecule has 1 rings (SSSR count). The number of likely N-dealkylation sites (tertiary alicyclic amines) is 1. The summed E-state index contributed by atoms with van der Waals surface area (Å²) in [6, 6.07) is -0.256. The Labute approximate surface area is 71.9 Å². The van der Waals surface area contributed by atoms with Gasteiger partial charge in [0, 0.05) is 13.1 Å². The summed E-state index contributed by atoms with van der Waals surface area (Å²) in [7, 11) is 0. The third-order valence-electron chi connectivity index (χ3n) is 1.99. The van der Waals surface area contributed by atoms with Gasteiger partial charge < -0.3 is 10.2 Å². The molecule has 0 aliphatic carbocycles. The highest BCUT2D eigenvalue weighted by Crippen LogP contribution is 2.14. The molecule has 12 heavy (non-hydrogen) atoms. The van der Waals surface area contributed by atoms with Gasteiger partial charge in [0.15, 0.2) is 0 Å². The van der Waals surface area contributed by atoms with Gasteiger partial charge in [0.25, 0.3) is 0 Å². The molecular formula is C8H13N2O2. The standard InChI is InChI=1S/C8H13N2O2/c1-2-4-9-8(12)7-3-5-10(7)6-11/h7H,2-5H2,1H3,(H,9,12). The Balaban J connectivity index is 2.27. The van der Waals surface area contributed by atoms with Crippen LogP contribution in [0.25, 0.3) is 0 Å². The molecule has 0 aromatic carbocycles. The Bertz CT molecular complexity index is 182. The average molecular weight is 169 g/mol. The van der Waals surface area contributed by atoms with Gasteiger partial charge in [0.05, 0.1) is 0 Å². The lowest BCUT2D eigenvalue weighted by Crippen LogP contribution is -2.55. The molecule has 0 bridgehead atoms.